The van der Waals surface area contributed by atoms with Gasteiger partial charge < -0.3 is 15.4 Å². The summed E-state index contributed by atoms with van der Waals surface area (Å²) in [6.07, 6.45) is 0. The van der Waals surface area contributed by atoms with E-state index in [1.807, 2.05) is 30.3 Å². The first kappa shape index (κ1) is 19.0. The summed E-state index contributed by atoms with van der Waals surface area (Å²) in [6.45, 7) is 2.45. The van der Waals surface area contributed by atoms with Crippen LogP contribution in [0.3, 0.4) is 0 Å². The third kappa shape index (κ3) is 4.91. The Labute approximate surface area is 162 Å². The van der Waals surface area contributed by atoms with Gasteiger partial charge >= 0.3 is 5.97 Å². The van der Waals surface area contributed by atoms with E-state index in [9.17, 15) is 9.59 Å². The van der Waals surface area contributed by atoms with E-state index in [1.165, 1.54) is 0 Å². The highest BCUT2D eigenvalue weighted by Crippen LogP contribution is 2.20. The molecule has 7 heteroatoms. The molecule has 1 aromatic heterocycles. The molecule has 0 radical (unpaired) electrons. The minimum Gasteiger partial charge on any atom is -0.462 e. The Kier molecular flexibility index (Phi) is 6.30. The second-order valence-corrected chi connectivity index (χ2v) is 5.86. The second-order valence-electron chi connectivity index (χ2n) is 5.86. The largest absolute Gasteiger partial charge is 0.462 e. The molecule has 0 atom stereocenters. The van der Waals surface area contributed by atoms with Gasteiger partial charge in [0.1, 0.15) is 0 Å². The molecule has 2 N–H and O–H groups in total. The number of nitrogens with one attached hydrogen (secondary N) is 2. The van der Waals surface area contributed by atoms with E-state index in [0.717, 1.165) is 5.56 Å². The average Bonchev–Trinajstić information content (AvgIpc) is 2.74. The van der Waals surface area contributed by atoms with Crippen LogP contribution in [0.4, 0.5) is 11.5 Å². The number of para-hydroxylation sites is 1. The lowest BCUT2D eigenvalue weighted by Gasteiger charge is -2.10. The van der Waals surface area contributed by atoms with Crippen LogP contribution in [0.25, 0.3) is 0 Å². The van der Waals surface area contributed by atoms with Gasteiger partial charge in [-0.2, -0.15) is 0 Å². The lowest BCUT2D eigenvalue weighted by Crippen LogP contribution is -2.24. The standard InChI is InChI=1S/C21H20N4O3/c1-2-28-21(27)16-10-6-7-11-17(16)23-19-13-12-18(24-25-19)20(26)22-14-15-8-4-3-5-9-15/h3-13H,2,14H2,1H3,(H,22,26)(H,23,25). The Morgan fingerprint density at radius 2 is 1.68 bits per heavy atom. The lowest BCUT2D eigenvalue weighted by molar-refractivity contribution is 0.0527. The summed E-state index contributed by atoms with van der Waals surface area (Å²) in [5.74, 6) is -0.318. The Morgan fingerprint density at radius 1 is 0.929 bits per heavy atom. The molecular weight excluding hydrogens is 356 g/mol. The van der Waals surface area contributed by atoms with Gasteiger partial charge in [-0.15, -0.1) is 10.2 Å². The Hall–Kier alpha value is -3.74. The molecule has 28 heavy (non-hydrogen) atoms. The number of amides is 1. The van der Waals surface area contributed by atoms with Crippen LogP contribution in [-0.2, 0) is 11.3 Å². The van der Waals surface area contributed by atoms with Crippen molar-refractivity contribution in [1.29, 1.82) is 0 Å². The summed E-state index contributed by atoms with van der Waals surface area (Å²) in [5.41, 5.74) is 2.16. The summed E-state index contributed by atoms with van der Waals surface area (Å²) in [4.78, 5) is 24.2. The van der Waals surface area contributed by atoms with Crippen LogP contribution in [0, 0.1) is 0 Å². The fourth-order valence-corrected chi connectivity index (χ4v) is 2.51. The molecule has 3 aromatic rings. The maximum Gasteiger partial charge on any atom is 0.340 e. The summed E-state index contributed by atoms with van der Waals surface area (Å²) >= 11 is 0. The highest BCUT2D eigenvalue weighted by molar-refractivity contribution is 5.96. The number of hydrogen-bond acceptors (Lipinski definition) is 6. The normalized spacial score (nSPS) is 10.2. The zero-order valence-corrected chi connectivity index (χ0v) is 15.4. The molecule has 0 fully saturated rings. The first-order chi connectivity index (χ1) is 13.7. The van der Waals surface area contributed by atoms with Gasteiger partial charge in [0.05, 0.1) is 17.9 Å². The number of benzene rings is 2. The molecule has 7 nitrogen and oxygen atoms in total. The van der Waals surface area contributed by atoms with Gasteiger partial charge in [0.15, 0.2) is 11.5 Å². The molecule has 0 aliphatic rings. The van der Waals surface area contributed by atoms with Gasteiger partial charge in [0, 0.05) is 6.54 Å². The molecule has 1 heterocycles. The van der Waals surface area contributed by atoms with Gasteiger partial charge in [0.2, 0.25) is 0 Å². The van der Waals surface area contributed by atoms with Gasteiger partial charge in [-0.3, -0.25) is 4.79 Å². The molecule has 0 spiro atoms. The number of aromatic nitrogens is 2. The number of hydrogen-bond donors (Lipinski definition) is 2. The first-order valence-corrected chi connectivity index (χ1v) is 8.86. The van der Waals surface area contributed by atoms with Crippen molar-refractivity contribution in [2.75, 3.05) is 11.9 Å². The smallest absolute Gasteiger partial charge is 0.340 e. The summed E-state index contributed by atoms with van der Waals surface area (Å²) in [7, 11) is 0. The molecule has 142 valence electrons. The van der Waals surface area contributed by atoms with Crippen LogP contribution in [-0.4, -0.2) is 28.7 Å². The van der Waals surface area contributed by atoms with Crippen LogP contribution < -0.4 is 10.6 Å². The minimum atomic E-state index is -0.421. The van der Waals surface area contributed by atoms with Crippen molar-refractivity contribution >= 4 is 23.4 Å². The lowest BCUT2D eigenvalue weighted by atomic mass is 10.2. The summed E-state index contributed by atoms with van der Waals surface area (Å²) in [5, 5.41) is 13.8. The number of nitrogens with zero attached hydrogens (tertiary/aromatic N) is 2. The number of rotatable bonds is 7. The van der Waals surface area contributed by atoms with E-state index >= 15 is 0 Å². The van der Waals surface area contributed by atoms with Crippen LogP contribution in [0.2, 0.25) is 0 Å². The van der Waals surface area contributed by atoms with E-state index in [1.54, 1.807) is 43.3 Å². The molecule has 2 aromatic carbocycles. The van der Waals surface area contributed by atoms with Crippen molar-refractivity contribution in [2.45, 2.75) is 13.5 Å². The maximum atomic E-state index is 12.2. The van der Waals surface area contributed by atoms with Crippen molar-refractivity contribution < 1.29 is 14.3 Å². The predicted octanol–water partition coefficient (Wildman–Crippen LogP) is 3.33. The van der Waals surface area contributed by atoms with E-state index < -0.39 is 5.97 Å². The number of ether oxygens (including phenoxy) is 1. The van der Waals surface area contributed by atoms with Crippen molar-refractivity contribution in [3.05, 3.63) is 83.6 Å². The Bertz CT molecular complexity index is 943. The topological polar surface area (TPSA) is 93.2 Å². The summed E-state index contributed by atoms with van der Waals surface area (Å²) < 4.78 is 5.05. The zero-order valence-electron chi connectivity index (χ0n) is 15.4. The molecule has 3 rings (SSSR count). The molecule has 0 unspecified atom stereocenters. The van der Waals surface area contributed by atoms with Crippen molar-refractivity contribution in [3.63, 3.8) is 0 Å². The Morgan fingerprint density at radius 3 is 2.39 bits per heavy atom. The highest BCUT2D eigenvalue weighted by Gasteiger charge is 2.13. The fourth-order valence-electron chi connectivity index (χ4n) is 2.51. The third-order valence-corrected chi connectivity index (χ3v) is 3.88. The molecule has 0 saturated heterocycles. The number of carbonyl (C=O) groups is 2. The van der Waals surface area contributed by atoms with Gasteiger partial charge in [-0.05, 0) is 36.8 Å². The van der Waals surface area contributed by atoms with E-state index in [-0.39, 0.29) is 11.6 Å². The fraction of sp³-hybridized carbons (Fsp3) is 0.143. The summed E-state index contributed by atoms with van der Waals surface area (Å²) in [6, 6.07) is 19.8. The number of anilines is 2. The van der Waals surface area contributed by atoms with E-state index in [4.69, 9.17) is 4.74 Å². The Balaban J connectivity index is 1.65. The third-order valence-electron chi connectivity index (χ3n) is 3.88. The van der Waals surface area contributed by atoms with Crippen LogP contribution >= 0.6 is 0 Å². The van der Waals surface area contributed by atoms with Gasteiger partial charge in [-0.1, -0.05) is 42.5 Å². The van der Waals surface area contributed by atoms with E-state index in [2.05, 4.69) is 20.8 Å². The van der Waals surface area contributed by atoms with Crippen molar-refractivity contribution in [2.24, 2.45) is 0 Å². The monoisotopic (exact) mass is 376 g/mol. The van der Waals surface area contributed by atoms with Crippen LogP contribution in [0.5, 0.6) is 0 Å². The maximum absolute atomic E-state index is 12.2. The number of esters is 1. The SMILES string of the molecule is CCOC(=O)c1ccccc1Nc1ccc(C(=O)NCc2ccccc2)nn1. The quantitative estimate of drug-likeness (QED) is 0.615. The van der Waals surface area contributed by atoms with Crippen LogP contribution in [0.1, 0.15) is 33.3 Å². The van der Waals surface area contributed by atoms with Gasteiger partial charge in [0.25, 0.3) is 5.91 Å². The number of carbonyl (C=O) groups excluding carboxylic acids is 2. The molecule has 0 aliphatic carbocycles. The van der Waals surface area contributed by atoms with Crippen molar-refractivity contribution in [1.82, 2.24) is 15.5 Å². The molecular formula is C21H20N4O3. The molecule has 0 saturated carbocycles. The minimum absolute atomic E-state index is 0.208. The second kappa shape index (κ2) is 9.27. The predicted molar refractivity (Wildman–Crippen MR) is 105 cm³/mol. The first-order valence-electron chi connectivity index (χ1n) is 8.86. The van der Waals surface area contributed by atoms with E-state index in [0.29, 0.717) is 30.2 Å². The molecule has 1 amide bonds. The van der Waals surface area contributed by atoms with Crippen LogP contribution in [0.15, 0.2) is 66.7 Å². The van der Waals surface area contributed by atoms with Crippen molar-refractivity contribution in [3.8, 4) is 0 Å². The molecule has 0 bridgehead atoms. The van der Waals surface area contributed by atoms with Gasteiger partial charge in [-0.25, -0.2) is 4.79 Å². The highest BCUT2D eigenvalue weighted by atomic mass is 16.5. The zero-order chi connectivity index (χ0) is 19.8. The average molecular weight is 376 g/mol. The molecule has 0 aliphatic heterocycles.